The number of piperazine rings is 1. The lowest BCUT2D eigenvalue weighted by Gasteiger charge is -2.37. The Morgan fingerprint density at radius 2 is 1.80 bits per heavy atom. The summed E-state index contributed by atoms with van der Waals surface area (Å²) in [6, 6.07) is 10.2. The Morgan fingerprint density at radius 3 is 2.50 bits per heavy atom. The molecule has 2 bridgehead atoms. The quantitative estimate of drug-likeness (QED) is 0.365. The van der Waals surface area contributed by atoms with Crippen molar-refractivity contribution in [2.24, 2.45) is 11.8 Å². The Bertz CT molecular complexity index is 1740. The van der Waals surface area contributed by atoms with E-state index in [0.717, 1.165) is 16.8 Å². The third kappa shape index (κ3) is 4.85. The number of halogens is 2. The number of hydrogen-bond acceptors (Lipinski definition) is 8. The number of carbonyl (C=O) groups excluding carboxylic acids is 3. The highest BCUT2D eigenvalue weighted by Gasteiger charge is 2.68. The Balaban J connectivity index is 1.24. The summed E-state index contributed by atoms with van der Waals surface area (Å²) in [6.07, 6.45) is 2.88. The largest absolute Gasteiger partial charge is 0.450 e. The fourth-order valence-electron chi connectivity index (χ4n) is 7.40. The number of hydrogen-bond donors (Lipinski definition) is 0. The third-order valence-electron chi connectivity index (χ3n) is 9.49. The van der Waals surface area contributed by atoms with Gasteiger partial charge in [-0.15, -0.1) is 5.10 Å². The van der Waals surface area contributed by atoms with Crippen LogP contribution in [0.1, 0.15) is 35.5 Å². The molecule has 3 saturated heterocycles. The molecule has 0 aliphatic carbocycles. The highest BCUT2D eigenvalue weighted by Crippen LogP contribution is 2.54. The molecule has 1 aromatic heterocycles. The molecule has 5 atom stereocenters. The Labute approximate surface area is 275 Å². The van der Waals surface area contributed by atoms with Crippen LogP contribution in [0.15, 0.2) is 48.6 Å². The van der Waals surface area contributed by atoms with Crippen molar-refractivity contribution < 1.29 is 23.9 Å². The predicted octanol–water partition coefficient (Wildman–Crippen LogP) is 3.76. The van der Waals surface area contributed by atoms with Gasteiger partial charge >= 0.3 is 6.09 Å². The monoisotopic (exact) mass is 665 g/mol. The zero-order valence-corrected chi connectivity index (χ0v) is 27.1. The molecule has 4 aliphatic heterocycles. The van der Waals surface area contributed by atoms with Gasteiger partial charge in [-0.25, -0.2) is 4.79 Å². The topological polar surface area (TPSA) is 123 Å². The third-order valence-corrected chi connectivity index (χ3v) is 10.1. The molecule has 2 aromatic carbocycles. The molecule has 3 fully saturated rings. The molecule has 46 heavy (non-hydrogen) atoms. The lowest BCUT2D eigenvalue weighted by Crippen LogP contribution is -2.54. The SMILES string of the molecule is CCOC(=O)N1CCN(C(=O)[C@H]2[C@H]3C(=O)N([C@@H](c4ccc(Cl)cc4Cl)c4nnnn4-c4c(C)cccc4C)C[C@]34C=C[C@H]2O4)CC1. The van der Waals surface area contributed by atoms with Crippen LogP contribution in [0, 0.1) is 25.7 Å². The van der Waals surface area contributed by atoms with Crippen molar-refractivity contribution in [3.05, 3.63) is 81.1 Å². The number of amides is 3. The second-order valence-corrected chi connectivity index (χ2v) is 13.0. The number of benzene rings is 2. The molecule has 3 aromatic rings. The molecule has 12 nitrogen and oxygen atoms in total. The zero-order chi connectivity index (χ0) is 32.3. The van der Waals surface area contributed by atoms with Crippen LogP contribution < -0.4 is 0 Å². The second-order valence-electron chi connectivity index (χ2n) is 12.1. The van der Waals surface area contributed by atoms with Gasteiger partial charge in [-0.2, -0.15) is 4.68 Å². The molecule has 0 unspecified atom stereocenters. The van der Waals surface area contributed by atoms with E-state index >= 15 is 0 Å². The van der Waals surface area contributed by atoms with E-state index in [1.807, 2.05) is 44.2 Å². The summed E-state index contributed by atoms with van der Waals surface area (Å²) in [7, 11) is 0. The number of aromatic nitrogens is 4. The molecule has 240 valence electrons. The van der Waals surface area contributed by atoms with E-state index < -0.39 is 35.7 Å². The van der Waals surface area contributed by atoms with Crippen molar-refractivity contribution in [2.45, 2.75) is 38.5 Å². The van der Waals surface area contributed by atoms with E-state index in [1.54, 1.807) is 44.5 Å². The predicted molar refractivity (Wildman–Crippen MR) is 168 cm³/mol. The molecule has 1 spiro atoms. The van der Waals surface area contributed by atoms with Crippen LogP contribution in [-0.4, -0.2) is 104 Å². The maximum Gasteiger partial charge on any atom is 0.409 e. The standard InChI is InChI=1S/C32H33Cl2N7O5/c1-4-45-31(44)39-14-12-38(13-15-39)29(42)24-23-10-11-32(46-23)17-40(30(43)25(24)32)27(21-9-8-20(33)16-22(21)34)28-35-36-37-41(28)26-18(2)6-5-7-19(26)3/h5-11,16,23-25,27H,4,12-15,17H2,1-3H3/t23-,24-,25+,27+,32-/m1/s1. The van der Waals surface area contributed by atoms with Crippen molar-refractivity contribution in [3.8, 4) is 5.69 Å². The van der Waals surface area contributed by atoms with E-state index in [-0.39, 0.29) is 25.0 Å². The minimum Gasteiger partial charge on any atom is -0.450 e. The summed E-state index contributed by atoms with van der Waals surface area (Å²) in [5, 5.41) is 13.6. The molecular formula is C32H33Cl2N7O5. The van der Waals surface area contributed by atoms with Crippen molar-refractivity contribution in [2.75, 3.05) is 39.3 Å². The Morgan fingerprint density at radius 1 is 1.09 bits per heavy atom. The van der Waals surface area contributed by atoms with Crippen molar-refractivity contribution >= 4 is 41.1 Å². The van der Waals surface area contributed by atoms with Gasteiger partial charge in [-0.1, -0.05) is 59.6 Å². The first-order valence-corrected chi connectivity index (χ1v) is 16.1. The van der Waals surface area contributed by atoms with E-state index in [9.17, 15) is 14.4 Å². The van der Waals surface area contributed by atoms with Gasteiger partial charge in [0.25, 0.3) is 0 Å². The van der Waals surface area contributed by atoms with E-state index in [1.165, 1.54) is 0 Å². The van der Waals surface area contributed by atoms with Crippen LogP contribution in [0.4, 0.5) is 4.79 Å². The first-order chi connectivity index (χ1) is 22.1. The minimum absolute atomic E-state index is 0.165. The summed E-state index contributed by atoms with van der Waals surface area (Å²) in [6.45, 7) is 7.56. The van der Waals surface area contributed by atoms with Crippen LogP contribution in [0.25, 0.3) is 5.69 Å². The molecule has 0 N–H and O–H groups in total. The van der Waals surface area contributed by atoms with E-state index in [2.05, 4.69) is 15.5 Å². The molecule has 3 amide bonds. The average molecular weight is 667 g/mol. The van der Waals surface area contributed by atoms with Gasteiger partial charge in [-0.3, -0.25) is 9.59 Å². The molecule has 5 heterocycles. The molecular weight excluding hydrogens is 633 g/mol. The maximum atomic E-state index is 14.7. The fourth-order valence-corrected chi connectivity index (χ4v) is 7.91. The number of likely N-dealkylation sites (tertiary alicyclic amines) is 1. The number of nitrogens with zero attached hydrogens (tertiary/aromatic N) is 7. The van der Waals surface area contributed by atoms with Crippen molar-refractivity contribution in [1.29, 1.82) is 0 Å². The number of rotatable bonds is 6. The molecule has 7 rings (SSSR count). The second kappa shape index (κ2) is 11.7. The van der Waals surface area contributed by atoms with Crippen LogP contribution in [0.2, 0.25) is 10.0 Å². The van der Waals surface area contributed by atoms with Gasteiger partial charge in [0.1, 0.15) is 11.6 Å². The number of para-hydroxylation sites is 1. The van der Waals surface area contributed by atoms with Gasteiger partial charge in [-0.05, 0) is 54.5 Å². The zero-order valence-electron chi connectivity index (χ0n) is 25.6. The Kier molecular flexibility index (Phi) is 7.77. The number of ether oxygens (including phenoxy) is 2. The highest BCUT2D eigenvalue weighted by molar-refractivity contribution is 6.35. The average Bonchev–Trinajstić information content (AvgIpc) is 3.80. The molecule has 0 saturated carbocycles. The summed E-state index contributed by atoms with van der Waals surface area (Å²) in [4.78, 5) is 46.0. The lowest BCUT2D eigenvalue weighted by molar-refractivity contribution is -0.144. The first kappa shape index (κ1) is 30.6. The van der Waals surface area contributed by atoms with Gasteiger partial charge in [0.05, 0.1) is 36.8 Å². The summed E-state index contributed by atoms with van der Waals surface area (Å²) in [5.74, 6) is -1.49. The molecule has 14 heteroatoms. The fraction of sp³-hybridized carbons (Fsp3) is 0.438. The lowest BCUT2D eigenvalue weighted by atomic mass is 9.76. The minimum atomic E-state index is -0.997. The number of fused-ring (bicyclic) bond motifs is 1. The summed E-state index contributed by atoms with van der Waals surface area (Å²) >= 11 is 13.1. The summed E-state index contributed by atoms with van der Waals surface area (Å²) < 4.78 is 13.3. The van der Waals surface area contributed by atoms with Crippen LogP contribution >= 0.6 is 23.2 Å². The van der Waals surface area contributed by atoms with E-state index in [4.69, 9.17) is 32.7 Å². The summed E-state index contributed by atoms with van der Waals surface area (Å²) in [5.41, 5.74) is 2.31. The van der Waals surface area contributed by atoms with Gasteiger partial charge in [0.2, 0.25) is 11.8 Å². The number of tetrazole rings is 1. The highest BCUT2D eigenvalue weighted by atomic mass is 35.5. The molecule has 0 radical (unpaired) electrons. The van der Waals surface area contributed by atoms with Gasteiger partial charge in [0, 0.05) is 41.8 Å². The molecule has 4 aliphatic rings. The van der Waals surface area contributed by atoms with Crippen LogP contribution in [0.5, 0.6) is 0 Å². The van der Waals surface area contributed by atoms with Crippen molar-refractivity contribution in [1.82, 2.24) is 34.9 Å². The van der Waals surface area contributed by atoms with Crippen LogP contribution in [0.3, 0.4) is 0 Å². The number of carbonyl (C=O) groups is 3. The normalized spacial score (nSPS) is 25.7. The van der Waals surface area contributed by atoms with Crippen molar-refractivity contribution in [3.63, 3.8) is 0 Å². The smallest absolute Gasteiger partial charge is 0.409 e. The van der Waals surface area contributed by atoms with Gasteiger partial charge < -0.3 is 24.2 Å². The van der Waals surface area contributed by atoms with E-state index in [0.29, 0.717) is 47.6 Å². The Hall–Kier alpha value is -4.00. The van der Waals surface area contributed by atoms with Gasteiger partial charge in [0.15, 0.2) is 5.82 Å². The number of aryl methyl sites for hydroxylation is 2. The first-order valence-electron chi connectivity index (χ1n) is 15.3. The van der Waals surface area contributed by atoms with Crippen LogP contribution in [-0.2, 0) is 19.1 Å². The maximum absolute atomic E-state index is 14.7.